The van der Waals surface area contributed by atoms with Crippen molar-refractivity contribution in [3.63, 3.8) is 0 Å². The van der Waals surface area contributed by atoms with Crippen LogP contribution in [0.25, 0.3) is 110 Å². The van der Waals surface area contributed by atoms with Crippen molar-refractivity contribution in [1.82, 2.24) is 0 Å². The zero-order chi connectivity index (χ0) is 49.7. The summed E-state index contributed by atoms with van der Waals surface area (Å²) in [6, 6.07) is 67.1. The van der Waals surface area contributed by atoms with Crippen LogP contribution in [-0.4, -0.2) is 0 Å². The maximum Gasteiger partial charge on any atom is 0.143 e. The van der Waals surface area contributed by atoms with Crippen LogP contribution in [0.15, 0.2) is 195 Å². The lowest BCUT2D eigenvalue weighted by atomic mass is 9.79. The van der Waals surface area contributed by atoms with Gasteiger partial charge in [0.25, 0.3) is 0 Å². The molecule has 0 bridgehead atoms. The standard InChI is InChI=1S/C70H51NO3/c1-38-16-8-12-20-57(38)71(40-25-27-42-48-36-55-50(37-54(48)69(4,5)52(42)33-40)64-51(68(55,2)3)29-31-62-65(64)45-18-10-14-22-59(45)73-62)41-26-28-44-53(34-41)70(6,7)56-35-47(67-66(63(44)56)46-19-11-15-23-60(46)74-67)39-24-30-61-49(32-39)43-17-9-13-21-58(43)72-61/h8-37H,1-7H3. The van der Waals surface area contributed by atoms with Crippen LogP contribution in [0.2, 0.25) is 0 Å². The molecule has 0 aliphatic heterocycles. The van der Waals surface area contributed by atoms with E-state index >= 15 is 0 Å². The van der Waals surface area contributed by atoms with Crippen LogP contribution in [-0.2, 0) is 16.2 Å². The molecule has 4 heteroatoms. The Labute approximate surface area is 429 Å². The number of aryl methyl sites for hydroxylation is 1. The van der Waals surface area contributed by atoms with E-state index in [-0.39, 0.29) is 16.2 Å². The van der Waals surface area contributed by atoms with E-state index in [4.69, 9.17) is 13.3 Å². The van der Waals surface area contributed by atoms with Gasteiger partial charge >= 0.3 is 0 Å². The Kier molecular flexibility index (Phi) is 8.01. The van der Waals surface area contributed by atoms with Crippen LogP contribution in [0.4, 0.5) is 17.1 Å². The molecule has 16 rings (SSSR count). The van der Waals surface area contributed by atoms with E-state index in [0.717, 1.165) is 77.8 Å². The first kappa shape index (κ1) is 42.0. The van der Waals surface area contributed by atoms with Gasteiger partial charge in [0.1, 0.15) is 33.5 Å². The third-order valence-electron chi connectivity index (χ3n) is 17.8. The van der Waals surface area contributed by atoms with Gasteiger partial charge in [-0.3, -0.25) is 0 Å². The predicted molar refractivity (Wildman–Crippen MR) is 306 cm³/mol. The van der Waals surface area contributed by atoms with Gasteiger partial charge in [-0.2, -0.15) is 0 Å². The van der Waals surface area contributed by atoms with Gasteiger partial charge in [0.05, 0.1) is 0 Å². The highest BCUT2D eigenvalue weighted by molar-refractivity contribution is 6.20. The minimum absolute atomic E-state index is 0.177. The molecule has 0 radical (unpaired) electrons. The first-order chi connectivity index (χ1) is 35.9. The largest absolute Gasteiger partial charge is 0.456 e. The topological polar surface area (TPSA) is 42.7 Å². The van der Waals surface area contributed by atoms with Crippen molar-refractivity contribution in [3.8, 4) is 44.5 Å². The second-order valence-electron chi connectivity index (χ2n) is 22.8. The molecule has 0 saturated heterocycles. The van der Waals surface area contributed by atoms with E-state index in [0.29, 0.717) is 0 Å². The van der Waals surface area contributed by atoms with Gasteiger partial charge < -0.3 is 18.2 Å². The first-order valence-electron chi connectivity index (χ1n) is 26.1. The summed E-state index contributed by atoms with van der Waals surface area (Å²) in [5.74, 6) is 0. The van der Waals surface area contributed by atoms with Crippen LogP contribution in [0.1, 0.15) is 80.5 Å². The van der Waals surface area contributed by atoms with Gasteiger partial charge in [-0.1, -0.05) is 139 Å². The lowest BCUT2D eigenvalue weighted by Gasteiger charge is -2.30. The van der Waals surface area contributed by atoms with E-state index in [1.54, 1.807) is 0 Å². The Bertz CT molecular complexity index is 4660. The molecule has 0 atom stereocenters. The van der Waals surface area contributed by atoms with Crippen molar-refractivity contribution in [2.45, 2.75) is 64.7 Å². The fraction of sp³-hybridized carbons (Fsp3) is 0.143. The molecule has 3 aliphatic carbocycles. The summed E-state index contributed by atoms with van der Waals surface area (Å²) in [4.78, 5) is 2.49. The zero-order valence-corrected chi connectivity index (χ0v) is 42.5. The molecule has 0 fully saturated rings. The highest BCUT2D eigenvalue weighted by atomic mass is 16.3. The summed E-state index contributed by atoms with van der Waals surface area (Å²) in [5, 5.41) is 6.92. The third-order valence-corrected chi connectivity index (χ3v) is 17.8. The minimum atomic E-state index is -0.339. The van der Waals surface area contributed by atoms with Crippen LogP contribution >= 0.6 is 0 Å². The van der Waals surface area contributed by atoms with Gasteiger partial charge in [0.2, 0.25) is 0 Å². The molecule has 0 saturated carbocycles. The maximum absolute atomic E-state index is 6.94. The molecule has 4 nitrogen and oxygen atoms in total. The maximum atomic E-state index is 6.94. The molecule has 0 spiro atoms. The van der Waals surface area contributed by atoms with Gasteiger partial charge in [-0.05, 0) is 170 Å². The SMILES string of the molecule is Cc1ccccc1N(c1ccc2c(c1)C(C)(C)c1cc3c(cc1-2)C(C)(C)c1ccc2oc4ccccc4c2c1-3)c1ccc2c(c1)C(C)(C)c1cc(-c3ccc4oc5ccccc5c4c3)c3oc4ccccc4c3c1-2. The average molecular weight is 954 g/mol. The van der Waals surface area contributed by atoms with Gasteiger partial charge in [-0.15, -0.1) is 0 Å². The highest BCUT2D eigenvalue weighted by Gasteiger charge is 2.44. The quantitative estimate of drug-likeness (QED) is 0.176. The number of furan rings is 3. The minimum Gasteiger partial charge on any atom is -0.456 e. The van der Waals surface area contributed by atoms with E-state index in [2.05, 4.69) is 223 Å². The van der Waals surface area contributed by atoms with Crippen molar-refractivity contribution < 1.29 is 13.3 Å². The molecule has 3 aromatic heterocycles. The Hall–Kier alpha value is -8.60. The lowest BCUT2D eigenvalue weighted by molar-refractivity contribution is 0.651. The fourth-order valence-corrected chi connectivity index (χ4v) is 14.0. The number of para-hydroxylation sites is 4. The number of fused-ring (bicyclic) bond motifs is 20. The second kappa shape index (κ2) is 14.1. The average Bonchev–Trinajstić information content (AvgIpc) is 4.28. The molecule has 0 unspecified atom stereocenters. The first-order valence-corrected chi connectivity index (χ1v) is 26.1. The lowest BCUT2D eigenvalue weighted by Crippen LogP contribution is -2.18. The summed E-state index contributed by atoms with van der Waals surface area (Å²) in [6.07, 6.45) is 0. The summed E-state index contributed by atoms with van der Waals surface area (Å²) in [6.45, 7) is 16.6. The van der Waals surface area contributed by atoms with Gasteiger partial charge in [0, 0.05) is 71.2 Å². The monoisotopic (exact) mass is 953 g/mol. The van der Waals surface area contributed by atoms with E-state index < -0.39 is 0 Å². The predicted octanol–water partition coefficient (Wildman–Crippen LogP) is 19.7. The molecule has 13 aromatic rings. The number of hydrogen-bond acceptors (Lipinski definition) is 4. The second-order valence-corrected chi connectivity index (χ2v) is 22.8. The van der Waals surface area contributed by atoms with E-state index in [1.807, 2.05) is 12.1 Å². The molecular formula is C70H51NO3. The molecule has 3 heterocycles. The van der Waals surface area contributed by atoms with Gasteiger partial charge in [0.15, 0.2) is 0 Å². The van der Waals surface area contributed by atoms with E-state index in [1.165, 1.54) is 88.5 Å². The van der Waals surface area contributed by atoms with Gasteiger partial charge in [-0.25, -0.2) is 0 Å². The molecule has 354 valence electrons. The molecular weight excluding hydrogens is 903 g/mol. The molecule has 0 N–H and O–H groups in total. The van der Waals surface area contributed by atoms with Crippen LogP contribution in [0.5, 0.6) is 0 Å². The summed E-state index contributed by atoms with van der Waals surface area (Å²) in [7, 11) is 0. The molecule has 74 heavy (non-hydrogen) atoms. The normalized spacial score (nSPS) is 15.3. The third kappa shape index (κ3) is 5.32. The molecule has 3 aliphatic rings. The van der Waals surface area contributed by atoms with Crippen LogP contribution in [0, 0.1) is 6.92 Å². The van der Waals surface area contributed by atoms with Crippen molar-refractivity contribution in [2.24, 2.45) is 0 Å². The van der Waals surface area contributed by atoms with Crippen molar-refractivity contribution in [1.29, 1.82) is 0 Å². The van der Waals surface area contributed by atoms with Crippen LogP contribution < -0.4 is 4.90 Å². The van der Waals surface area contributed by atoms with Crippen LogP contribution in [0.3, 0.4) is 0 Å². The smallest absolute Gasteiger partial charge is 0.143 e. The Morgan fingerprint density at radius 2 is 0.851 bits per heavy atom. The number of nitrogens with zero attached hydrogens (tertiary/aromatic N) is 1. The van der Waals surface area contributed by atoms with Crippen molar-refractivity contribution in [2.75, 3.05) is 4.90 Å². The summed E-state index contributed by atoms with van der Waals surface area (Å²) < 4.78 is 19.7. The molecule has 0 amide bonds. The zero-order valence-electron chi connectivity index (χ0n) is 42.5. The van der Waals surface area contributed by atoms with Crippen molar-refractivity contribution >= 4 is 82.9 Å². The fourth-order valence-electron chi connectivity index (χ4n) is 14.0. The van der Waals surface area contributed by atoms with Crippen molar-refractivity contribution in [3.05, 3.63) is 221 Å². The summed E-state index contributed by atoms with van der Waals surface area (Å²) in [5.41, 5.74) is 27.4. The summed E-state index contributed by atoms with van der Waals surface area (Å²) >= 11 is 0. The molecule has 10 aromatic carbocycles. The number of anilines is 3. The number of hydrogen-bond donors (Lipinski definition) is 0. The number of rotatable bonds is 4. The van der Waals surface area contributed by atoms with E-state index in [9.17, 15) is 0 Å². The Balaban J connectivity index is 0.854. The Morgan fingerprint density at radius 3 is 1.61 bits per heavy atom. The number of benzene rings is 10. The Morgan fingerprint density at radius 1 is 0.338 bits per heavy atom. The highest BCUT2D eigenvalue weighted by Crippen LogP contribution is 2.60.